The van der Waals surface area contributed by atoms with Gasteiger partial charge in [-0.05, 0) is 18.4 Å². The van der Waals surface area contributed by atoms with Gasteiger partial charge in [0.15, 0.2) is 5.78 Å². The van der Waals surface area contributed by atoms with E-state index in [4.69, 9.17) is 0 Å². The molecule has 0 aromatic carbocycles. The van der Waals surface area contributed by atoms with Crippen LogP contribution in [0.25, 0.3) is 0 Å². The Morgan fingerprint density at radius 1 is 1.75 bits per heavy atom. The number of hydrogen-bond donors (Lipinski definition) is 1. The highest BCUT2D eigenvalue weighted by atomic mass is 32.1. The van der Waals surface area contributed by atoms with Crippen LogP contribution in [0.15, 0.2) is 11.4 Å². The first-order valence-electron chi connectivity index (χ1n) is 3.95. The van der Waals surface area contributed by atoms with Crippen LogP contribution in [0.5, 0.6) is 0 Å². The molecule has 12 heavy (non-hydrogen) atoms. The van der Waals surface area contributed by atoms with Gasteiger partial charge in [0, 0.05) is 12.0 Å². The van der Waals surface area contributed by atoms with Crippen molar-refractivity contribution >= 4 is 17.1 Å². The summed E-state index contributed by atoms with van der Waals surface area (Å²) in [6.07, 6.45) is -0.0398. The maximum Gasteiger partial charge on any atom is 0.172 e. The van der Waals surface area contributed by atoms with Crippen LogP contribution in [0.4, 0.5) is 0 Å². The van der Waals surface area contributed by atoms with E-state index < -0.39 is 6.10 Å². The van der Waals surface area contributed by atoms with Crippen molar-refractivity contribution in [1.82, 2.24) is 0 Å². The zero-order chi connectivity index (χ0) is 9.14. The molecule has 1 N–H and O–H groups in total. The van der Waals surface area contributed by atoms with Gasteiger partial charge >= 0.3 is 0 Å². The van der Waals surface area contributed by atoms with Gasteiger partial charge in [0.2, 0.25) is 0 Å². The van der Waals surface area contributed by atoms with Crippen LogP contribution in [-0.4, -0.2) is 10.9 Å². The summed E-state index contributed by atoms with van der Waals surface area (Å²) in [5.74, 6) is 0.112. The molecule has 0 spiro atoms. The molecular formula is C9H12O2S. The van der Waals surface area contributed by atoms with Crippen LogP contribution in [0.3, 0.4) is 0 Å². The number of hydrogen-bond acceptors (Lipinski definition) is 3. The number of aliphatic hydroxyl groups is 1. The van der Waals surface area contributed by atoms with E-state index in [1.807, 2.05) is 12.3 Å². The van der Waals surface area contributed by atoms with E-state index in [2.05, 4.69) is 0 Å². The molecule has 1 atom stereocenters. The minimum absolute atomic E-state index is 0.112. The summed E-state index contributed by atoms with van der Waals surface area (Å²) in [5, 5.41) is 11.1. The molecule has 0 radical (unpaired) electrons. The Hall–Kier alpha value is -0.670. The van der Waals surface area contributed by atoms with Crippen molar-refractivity contribution in [1.29, 1.82) is 0 Å². The number of ketones is 1. The Morgan fingerprint density at radius 2 is 2.42 bits per heavy atom. The van der Waals surface area contributed by atoms with E-state index >= 15 is 0 Å². The topological polar surface area (TPSA) is 37.3 Å². The first-order chi connectivity index (χ1) is 5.66. The Kier molecular flexibility index (Phi) is 3.00. The van der Waals surface area contributed by atoms with Gasteiger partial charge in [0.1, 0.15) is 0 Å². The van der Waals surface area contributed by atoms with Crippen LogP contribution < -0.4 is 0 Å². The first kappa shape index (κ1) is 9.42. The second-order valence-electron chi connectivity index (χ2n) is 2.66. The third-order valence-electron chi connectivity index (χ3n) is 1.72. The largest absolute Gasteiger partial charge is 0.389 e. The van der Waals surface area contributed by atoms with Crippen LogP contribution in [0, 0.1) is 0 Å². The van der Waals surface area contributed by atoms with Crippen molar-refractivity contribution in [2.75, 3.05) is 0 Å². The summed E-state index contributed by atoms with van der Waals surface area (Å²) in [6.45, 7) is 3.50. The number of Topliss-reactive ketones (excluding diaryl/α,β-unsaturated/α-hetero) is 1. The molecule has 66 valence electrons. The van der Waals surface area contributed by atoms with E-state index in [1.54, 1.807) is 13.0 Å². The van der Waals surface area contributed by atoms with Gasteiger partial charge in [-0.25, -0.2) is 0 Å². The van der Waals surface area contributed by atoms with E-state index in [0.29, 0.717) is 11.3 Å². The third-order valence-corrected chi connectivity index (χ3v) is 2.69. The fraction of sp³-hybridized carbons (Fsp3) is 0.444. The predicted molar refractivity (Wildman–Crippen MR) is 49.6 cm³/mol. The molecule has 3 heteroatoms. The van der Waals surface area contributed by atoms with Gasteiger partial charge < -0.3 is 5.11 Å². The maximum atomic E-state index is 11.3. The molecule has 1 aromatic heterocycles. The number of rotatable bonds is 3. The number of carbonyl (C=O) groups excluding carboxylic acids is 1. The van der Waals surface area contributed by atoms with Gasteiger partial charge in [-0.1, -0.05) is 6.92 Å². The zero-order valence-electron chi connectivity index (χ0n) is 7.20. The highest BCUT2D eigenvalue weighted by Crippen LogP contribution is 2.24. The van der Waals surface area contributed by atoms with E-state index in [1.165, 1.54) is 11.3 Å². The molecule has 1 unspecified atom stereocenters. The Balaban J connectivity index is 2.99. The number of aliphatic hydroxyl groups excluding tert-OH is 1. The second-order valence-corrected chi connectivity index (χ2v) is 3.57. The van der Waals surface area contributed by atoms with Crippen molar-refractivity contribution in [3.05, 3.63) is 21.9 Å². The Bertz CT molecular complexity index is 276. The van der Waals surface area contributed by atoms with Crippen molar-refractivity contribution in [2.24, 2.45) is 0 Å². The fourth-order valence-electron chi connectivity index (χ4n) is 1.04. The molecule has 0 aliphatic carbocycles. The molecule has 0 saturated heterocycles. The fourth-order valence-corrected chi connectivity index (χ4v) is 2.04. The van der Waals surface area contributed by atoms with E-state index in [-0.39, 0.29) is 5.78 Å². The van der Waals surface area contributed by atoms with Crippen molar-refractivity contribution < 1.29 is 9.90 Å². The quantitative estimate of drug-likeness (QED) is 0.732. The monoisotopic (exact) mass is 184 g/mol. The van der Waals surface area contributed by atoms with Crippen LogP contribution in [0.2, 0.25) is 0 Å². The van der Waals surface area contributed by atoms with Gasteiger partial charge in [0.25, 0.3) is 0 Å². The zero-order valence-corrected chi connectivity index (χ0v) is 8.02. The smallest absolute Gasteiger partial charge is 0.172 e. The minimum Gasteiger partial charge on any atom is -0.389 e. The lowest BCUT2D eigenvalue weighted by molar-refractivity contribution is 0.0986. The summed E-state index contributed by atoms with van der Waals surface area (Å²) in [5.41, 5.74) is 0.756. The average molecular weight is 184 g/mol. The number of thiophene rings is 1. The summed E-state index contributed by atoms with van der Waals surface area (Å²) in [4.78, 5) is 12.0. The second kappa shape index (κ2) is 3.83. The SMILES string of the molecule is CCC(=O)c1sccc1C(C)O. The van der Waals surface area contributed by atoms with Gasteiger partial charge in [-0.3, -0.25) is 4.79 Å². The van der Waals surface area contributed by atoms with Crippen molar-refractivity contribution in [2.45, 2.75) is 26.4 Å². The van der Waals surface area contributed by atoms with Crippen molar-refractivity contribution in [3.63, 3.8) is 0 Å². The van der Waals surface area contributed by atoms with E-state index in [0.717, 1.165) is 5.56 Å². The Labute approximate surface area is 75.9 Å². The third kappa shape index (κ3) is 1.73. The van der Waals surface area contributed by atoms with Crippen LogP contribution >= 0.6 is 11.3 Å². The molecule has 0 amide bonds. The molecular weight excluding hydrogens is 172 g/mol. The maximum absolute atomic E-state index is 11.3. The molecule has 1 aromatic rings. The van der Waals surface area contributed by atoms with Gasteiger partial charge in [-0.15, -0.1) is 11.3 Å². The standard InChI is InChI=1S/C9H12O2S/c1-3-8(11)9-7(6(2)10)4-5-12-9/h4-6,10H,3H2,1-2H3. The molecule has 0 fully saturated rings. The number of carbonyl (C=O) groups is 1. The summed E-state index contributed by atoms with van der Waals surface area (Å²) < 4.78 is 0. The molecule has 0 bridgehead atoms. The minimum atomic E-state index is -0.540. The molecule has 0 saturated carbocycles. The molecule has 1 rings (SSSR count). The molecule has 0 aliphatic heterocycles. The predicted octanol–water partition coefficient (Wildman–Crippen LogP) is 2.39. The summed E-state index contributed by atoms with van der Waals surface area (Å²) in [7, 11) is 0. The normalized spacial score (nSPS) is 12.9. The van der Waals surface area contributed by atoms with Crippen LogP contribution in [0.1, 0.15) is 41.6 Å². The summed E-state index contributed by atoms with van der Waals surface area (Å²) >= 11 is 1.40. The Morgan fingerprint density at radius 3 is 2.92 bits per heavy atom. The lowest BCUT2D eigenvalue weighted by Crippen LogP contribution is -2.00. The molecule has 1 heterocycles. The molecule has 0 aliphatic rings. The van der Waals surface area contributed by atoms with E-state index in [9.17, 15) is 9.90 Å². The lowest BCUT2D eigenvalue weighted by atomic mass is 10.1. The summed E-state index contributed by atoms with van der Waals surface area (Å²) in [6, 6.07) is 1.80. The lowest BCUT2D eigenvalue weighted by Gasteiger charge is -2.03. The van der Waals surface area contributed by atoms with Crippen LogP contribution in [-0.2, 0) is 0 Å². The van der Waals surface area contributed by atoms with Gasteiger partial charge in [0.05, 0.1) is 11.0 Å². The highest BCUT2D eigenvalue weighted by Gasteiger charge is 2.14. The molecule has 2 nitrogen and oxygen atoms in total. The van der Waals surface area contributed by atoms with Crippen molar-refractivity contribution in [3.8, 4) is 0 Å². The van der Waals surface area contributed by atoms with Gasteiger partial charge in [-0.2, -0.15) is 0 Å². The first-order valence-corrected chi connectivity index (χ1v) is 4.83. The average Bonchev–Trinajstić information content (AvgIpc) is 2.50. The highest BCUT2D eigenvalue weighted by molar-refractivity contribution is 7.12.